The smallest absolute Gasteiger partial charge is 0.383 e. The van der Waals surface area contributed by atoms with Crippen LogP contribution in [0.15, 0.2) is 46.8 Å². The SMILES string of the molecule is CCNC(=NCc1cccc(C(F)(F)F)c1)NCC(C)(O)c1cccs1.I. The number of aliphatic hydroxyl groups is 1. The quantitative estimate of drug-likeness (QED) is 0.306. The topological polar surface area (TPSA) is 56.7 Å². The van der Waals surface area contributed by atoms with Crippen LogP contribution in [0.5, 0.6) is 0 Å². The van der Waals surface area contributed by atoms with Crippen LogP contribution in [0.1, 0.15) is 29.9 Å². The third kappa shape index (κ3) is 7.30. The van der Waals surface area contributed by atoms with Crippen LogP contribution in [0, 0.1) is 0 Å². The Morgan fingerprint density at radius 2 is 1.93 bits per heavy atom. The van der Waals surface area contributed by atoms with Gasteiger partial charge in [-0.3, -0.25) is 0 Å². The Kier molecular flexibility index (Phi) is 9.03. The number of halogens is 4. The van der Waals surface area contributed by atoms with Crippen molar-refractivity contribution < 1.29 is 18.3 Å². The number of guanidine groups is 1. The fraction of sp³-hybridized carbons (Fsp3) is 0.389. The number of rotatable bonds is 6. The molecular formula is C18H23F3IN3OS. The van der Waals surface area contributed by atoms with Gasteiger partial charge in [-0.2, -0.15) is 13.2 Å². The van der Waals surface area contributed by atoms with Crippen LogP contribution < -0.4 is 10.6 Å². The first-order chi connectivity index (χ1) is 12.2. The zero-order valence-corrected chi connectivity index (χ0v) is 18.2. The van der Waals surface area contributed by atoms with E-state index in [4.69, 9.17) is 0 Å². The highest BCUT2D eigenvalue weighted by Crippen LogP contribution is 2.29. The van der Waals surface area contributed by atoms with E-state index in [2.05, 4.69) is 15.6 Å². The predicted octanol–water partition coefficient (Wildman–Crippen LogP) is 4.35. The number of nitrogens with one attached hydrogen (secondary N) is 2. The van der Waals surface area contributed by atoms with Crippen molar-refractivity contribution in [2.24, 2.45) is 4.99 Å². The number of alkyl halides is 3. The third-order valence-corrected chi connectivity index (χ3v) is 4.79. The van der Waals surface area contributed by atoms with Crippen molar-refractivity contribution in [3.8, 4) is 0 Å². The van der Waals surface area contributed by atoms with Crippen molar-refractivity contribution >= 4 is 41.3 Å². The minimum Gasteiger partial charge on any atom is -0.383 e. The zero-order chi connectivity index (χ0) is 19.2. The van der Waals surface area contributed by atoms with E-state index in [0.717, 1.165) is 17.0 Å². The molecule has 27 heavy (non-hydrogen) atoms. The minimum absolute atomic E-state index is 0. The predicted molar refractivity (Wildman–Crippen MR) is 114 cm³/mol. The number of thiophene rings is 1. The Morgan fingerprint density at radius 3 is 2.52 bits per heavy atom. The van der Waals surface area contributed by atoms with Crippen molar-refractivity contribution in [2.75, 3.05) is 13.1 Å². The van der Waals surface area contributed by atoms with Crippen LogP contribution in [0.25, 0.3) is 0 Å². The summed E-state index contributed by atoms with van der Waals surface area (Å²) >= 11 is 1.45. The largest absolute Gasteiger partial charge is 0.416 e. The molecule has 150 valence electrons. The van der Waals surface area contributed by atoms with Crippen molar-refractivity contribution in [3.63, 3.8) is 0 Å². The lowest BCUT2D eigenvalue weighted by atomic mass is 10.1. The van der Waals surface area contributed by atoms with Gasteiger partial charge in [0.15, 0.2) is 5.96 Å². The van der Waals surface area contributed by atoms with Crippen LogP contribution in [-0.4, -0.2) is 24.2 Å². The summed E-state index contributed by atoms with van der Waals surface area (Å²) in [6, 6.07) is 8.81. The van der Waals surface area contributed by atoms with Crippen LogP contribution in [0.3, 0.4) is 0 Å². The summed E-state index contributed by atoms with van der Waals surface area (Å²) < 4.78 is 38.4. The lowest BCUT2D eigenvalue weighted by Crippen LogP contribution is -2.44. The fourth-order valence-electron chi connectivity index (χ4n) is 2.29. The Morgan fingerprint density at radius 1 is 1.19 bits per heavy atom. The van der Waals surface area contributed by atoms with Crippen LogP contribution >= 0.6 is 35.3 Å². The molecule has 0 fully saturated rings. The molecule has 1 atom stereocenters. The van der Waals surface area contributed by atoms with Gasteiger partial charge < -0.3 is 15.7 Å². The average Bonchev–Trinajstić information content (AvgIpc) is 3.12. The van der Waals surface area contributed by atoms with E-state index in [1.807, 2.05) is 24.4 Å². The second-order valence-corrected chi connectivity index (χ2v) is 6.95. The first-order valence-corrected chi connectivity index (χ1v) is 9.05. The molecule has 2 aromatic rings. The summed E-state index contributed by atoms with van der Waals surface area (Å²) in [5.41, 5.74) is -1.30. The molecule has 0 aliphatic rings. The standard InChI is InChI=1S/C18H22F3N3OS.HI/c1-3-22-16(24-12-17(2,25)15-8-5-9-26-15)23-11-13-6-4-7-14(10-13)18(19,20)21;/h4-10,25H,3,11-12H2,1-2H3,(H2,22,23,24);1H. The maximum absolute atomic E-state index is 12.8. The molecule has 2 rings (SSSR count). The van der Waals surface area contributed by atoms with Gasteiger partial charge in [0, 0.05) is 11.4 Å². The van der Waals surface area contributed by atoms with E-state index < -0.39 is 17.3 Å². The van der Waals surface area contributed by atoms with Crippen molar-refractivity contribution in [1.29, 1.82) is 0 Å². The summed E-state index contributed by atoms with van der Waals surface area (Å²) in [7, 11) is 0. The van der Waals surface area contributed by atoms with Crippen molar-refractivity contribution in [1.82, 2.24) is 10.6 Å². The molecule has 4 nitrogen and oxygen atoms in total. The number of nitrogens with zero attached hydrogens (tertiary/aromatic N) is 1. The molecule has 0 aliphatic carbocycles. The Bertz CT molecular complexity index is 734. The minimum atomic E-state index is -4.37. The average molecular weight is 513 g/mol. The normalized spacial score (nSPS) is 14.2. The van der Waals surface area contributed by atoms with Gasteiger partial charge in [0.05, 0.1) is 18.7 Å². The van der Waals surface area contributed by atoms with Gasteiger partial charge in [0.1, 0.15) is 5.60 Å². The van der Waals surface area contributed by atoms with E-state index in [9.17, 15) is 18.3 Å². The molecule has 0 bridgehead atoms. The third-order valence-electron chi connectivity index (χ3n) is 3.67. The highest BCUT2D eigenvalue weighted by atomic mass is 127. The summed E-state index contributed by atoms with van der Waals surface area (Å²) in [5.74, 6) is 0.432. The molecule has 1 heterocycles. The second-order valence-electron chi connectivity index (χ2n) is 6.00. The van der Waals surface area contributed by atoms with Gasteiger partial charge in [0.25, 0.3) is 0 Å². The highest BCUT2D eigenvalue weighted by molar-refractivity contribution is 14.0. The second kappa shape index (κ2) is 10.3. The molecule has 9 heteroatoms. The van der Waals surface area contributed by atoms with Crippen LogP contribution in [0.2, 0.25) is 0 Å². The number of hydrogen-bond acceptors (Lipinski definition) is 3. The van der Waals surface area contributed by atoms with Crippen LogP contribution in [0.4, 0.5) is 13.2 Å². The van der Waals surface area contributed by atoms with Gasteiger partial charge in [-0.25, -0.2) is 4.99 Å². The fourth-order valence-corrected chi connectivity index (χ4v) is 3.07. The lowest BCUT2D eigenvalue weighted by molar-refractivity contribution is -0.137. The maximum Gasteiger partial charge on any atom is 0.416 e. The molecule has 1 aromatic carbocycles. The van der Waals surface area contributed by atoms with Gasteiger partial charge in [0.2, 0.25) is 0 Å². The first kappa shape index (κ1) is 23.7. The number of aliphatic imine (C=N–C) groups is 1. The monoisotopic (exact) mass is 513 g/mol. The molecular weight excluding hydrogens is 490 g/mol. The molecule has 0 aliphatic heterocycles. The van der Waals surface area contributed by atoms with E-state index in [1.54, 1.807) is 13.0 Å². The first-order valence-electron chi connectivity index (χ1n) is 8.17. The zero-order valence-electron chi connectivity index (χ0n) is 15.0. The molecule has 1 unspecified atom stereocenters. The molecule has 0 saturated heterocycles. The van der Waals surface area contributed by atoms with E-state index >= 15 is 0 Å². The highest BCUT2D eigenvalue weighted by Gasteiger charge is 2.30. The Balaban J connectivity index is 0.00000364. The number of hydrogen-bond donors (Lipinski definition) is 3. The van der Waals surface area contributed by atoms with Crippen LogP contribution in [-0.2, 0) is 18.3 Å². The Labute approximate surface area is 177 Å². The summed E-state index contributed by atoms with van der Waals surface area (Å²) in [6.45, 7) is 4.50. The van der Waals surface area contributed by atoms with E-state index in [-0.39, 0.29) is 37.1 Å². The lowest BCUT2D eigenvalue weighted by Gasteiger charge is -2.23. The molecule has 1 aromatic heterocycles. The molecule has 0 amide bonds. The van der Waals surface area contributed by atoms with Gasteiger partial charge in [-0.15, -0.1) is 35.3 Å². The van der Waals surface area contributed by atoms with Crippen molar-refractivity contribution in [2.45, 2.75) is 32.2 Å². The van der Waals surface area contributed by atoms with Gasteiger partial charge in [-0.05, 0) is 43.0 Å². The summed E-state index contributed by atoms with van der Waals surface area (Å²) in [4.78, 5) is 5.13. The Hall–Kier alpha value is -1.33. The molecule has 0 spiro atoms. The van der Waals surface area contributed by atoms with E-state index in [0.29, 0.717) is 18.1 Å². The molecule has 3 N–H and O–H groups in total. The maximum atomic E-state index is 12.8. The summed E-state index contributed by atoms with van der Waals surface area (Å²) in [5, 5.41) is 18.5. The number of benzene rings is 1. The molecule has 0 saturated carbocycles. The van der Waals surface area contributed by atoms with E-state index in [1.165, 1.54) is 17.4 Å². The van der Waals surface area contributed by atoms with Gasteiger partial charge >= 0.3 is 6.18 Å². The molecule has 0 radical (unpaired) electrons. The van der Waals surface area contributed by atoms with Gasteiger partial charge in [-0.1, -0.05) is 18.2 Å². The van der Waals surface area contributed by atoms with Crippen molar-refractivity contribution in [3.05, 3.63) is 57.8 Å². The summed E-state index contributed by atoms with van der Waals surface area (Å²) in [6.07, 6.45) is -4.37.